The van der Waals surface area contributed by atoms with E-state index in [0.717, 1.165) is 5.25 Å². The summed E-state index contributed by atoms with van der Waals surface area (Å²) in [6.45, 7) is 2.47. The standard InChI is InChI=1S/C11H16N2S/c1-13-7-4-10(5-8-13)14-11-3-2-6-12-9-11/h2-3,6,9-10H,4-5,7-8H2,1H3. The Morgan fingerprint density at radius 2 is 2.21 bits per heavy atom. The van der Waals surface area contributed by atoms with E-state index in [1.165, 1.54) is 30.8 Å². The second-order valence-corrected chi connectivity index (χ2v) is 5.18. The van der Waals surface area contributed by atoms with E-state index in [1.54, 1.807) is 0 Å². The number of aromatic nitrogens is 1. The Hall–Kier alpha value is -0.540. The van der Waals surface area contributed by atoms with E-state index in [2.05, 4.69) is 23.0 Å². The minimum Gasteiger partial charge on any atom is -0.306 e. The van der Waals surface area contributed by atoms with Crippen LogP contribution in [0.5, 0.6) is 0 Å². The summed E-state index contributed by atoms with van der Waals surface area (Å²) in [5.74, 6) is 0. The van der Waals surface area contributed by atoms with Crippen molar-refractivity contribution in [3.63, 3.8) is 0 Å². The molecule has 0 unspecified atom stereocenters. The van der Waals surface area contributed by atoms with Gasteiger partial charge in [-0.05, 0) is 45.1 Å². The SMILES string of the molecule is CN1CCC(Sc2cccnc2)CC1. The zero-order valence-electron chi connectivity index (χ0n) is 8.52. The van der Waals surface area contributed by atoms with Crippen molar-refractivity contribution in [2.45, 2.75) is 23.0 Å². The molecule has 76 valence electrons. The molecule has 3 heteroatoms. The highest BCUT2D eigenvalue weighted by Crippen LogP contribution is 2.29. The summed E-state index contributed by atoms with van der Waals surface area (Å²) in [6.07, 6.45) is 6.40. The van der Waals surface area contributed by atoms with Gasteiger partial charge in [0.1, 0.15) is 0 Å². The third kappa shape index (κ3) is 2.72. The van der Waals surface area contributed by atoms with Crippen LogP contribution in [0.3, 0.4) is 0 Å². The van der Waals surface area contributed by atoms with Crippen LogP contribution in [-0.2, 0) is 0 Å². The Morgan fingerprint density at radius 1 is 1.43 bits per heavy atom. The van der Waals surface area contributed by atoms with Gasteiger partial charge in [-0.25, -0.2) is 0 Å². The Kier molecular flexibility index (Phi) is 3.43. The van der Waals surface area contributed by atoms with Crippen molar-refractivity contribution < 1.29 is 0 Å². The van der Waals surface area contributed by atoms with Crippen molar-refractivity contribution in [2.24, 2.45) is 0 Å². The number of pyridine rings is 1. The first-order chi connectivity index (χ1) is 6.84. The molecule has 1 aromatic heterocycles. The summed E-state index contributed by atoms with van der Waals surface area (Å²) in [5, 5.41) is 0.787. The molecule has 0 bridgehead atoms. The van der Waals surface area contributed by atoms with E-state index in [9.17, 15) is 0 Å². The van der Waals surface area contributed by atoms with Gasteiger partial charge in [-0.15, -0.1) is 11.8 Å². The number of likely N-dealkylation sites (tertiary alicyclic amines) is 1. The zero-order valence-corrected chi connectivity index (χ0v) is 9.33. The number of hydrogen-bond donors (Lipinski definition) is 0. The zero-order chi connectivity index (χ0) is 9.80. The van der Waals surface area contributed by atoms with Crippen LogP contribution in [-0.4, -0.2) is 35.3 Å². The first-order valence-corrected chi connectivity index (χ1v) is 5.98. The van der Waals surface area contributed by atoms with E-state index in [4.69, 9.17) is 0 Å². The quantitative estimate of drug-likeness (QED) is 0.741. The second kappa shape index (κ2) is 4.80. The normalized spacial score (nSPS) is 19.8. The molecule has 1 aromatic rings. The summed E-state index contributed by atoms with van der Waals surface area (Å²) in [4.78, 5) is 7.84. The molecule has 0 spiro atoms. The van der Waals surface area contributed by atoms with Crippen molar-refractivity contribution in [1.82, 2.24) is 9.88 Å². The van der Waals surface area contributed by atoms with Crippen molar-refractivity contribution in [1.29, 1.82) is 0 Å². The Balaban J connectivity index is 1.87. The molecule has 1 aliphatic heterocycles. The maximum Gasteiger partial charge on any atom is 0.0403 e. The van der Waals surface area contributed by atoms with Crippen LogP contribution in [0.25, 0.3) is 0 Å². The Bertz CT molecular complexity index is 268. The van der Waals surface area contributed by atoms with Gasteiger partial charge in [0.2, 0.25) is 0 Å². The van der Waals surface area contributed by atoms with Gasteiger partial charge < -0.3 is 4.90 Å². The molecular formula is C11H16N2S. The highest BCUT2D eigenvalue weighted by atomic mass is 32.2. The topological polar surface area (TPSA) is 16.1 Å². The van der Waals surface area contributed by atoms with Gasteiger partial charge in [-0.2, -0.15) is 0 Å². The van der Waals surface area contributed by atoms with Crippen molar-refractivity contribution in [3.8, 4) is 0 Å². The summed E-state index contributed by atoms with van der Waals surface area (Å²) in [5.41, 5.74) is 0. The predicted octanol–water partition coefficient (Wildman–Crippen LogP) is 2.27. The number of rotatable bonds is 2. The molecule has 2 nitrogen and oxygen atoms in total. The van der Waals surface area contributed by atoms with Crippen LogP contribution in [0, 0.1) is 0 Å². The monoisotopic (exact) mass is 208 g/mol. The molecule has 0 N–H and O–H groups in total. The van der Waals surface area contributed by atoms with Gasteiger partial charge in [0, 0.05) is 22.5 Å². The van der Waals surface area contributed by atoms with Gasteiger partial charge in [-0.1, -0.05) is 0 Å². The molecule has 2 heterocycles. The average molecular weight is 208 g/mol. The fraction of sp³-hybridized carbons (Fsp3) is 0.545. The largest absolute Gasteiger partial charge is 0.306 e. The number of thioether (sulfide) groups is 1. The minimum absolute atomic E-state index is 0.787. The summed E-state index contributed by atoms with van der Waals surface area (Å²) >= 11 is 1.98. The fourth-order valence-corrected chi connectivity index (χ4v) is 2.82. The summed E-state index contributed by atoms with van der Waals surface area (Å²) in [6, 6.07) is 4.16. The molecular weight excluding hydrogens is 192 g/mol. The van der Waals surface area contributed by atoms with E-state index in [0.29, 0.717) is 0 Å². The van der Waals surface area contributed by atoms with Crippen LogP contribution >= 0.6 is 11.8 Å². The molecule has 0 atom stereocenters. The molecule has 1 aliphatic rings. The summed E-state index contributed by atoms with van der Waals surface area (Å²) < 4.78 is 0. The number of hydrogen-bond acceptors (Lipinski definition) is 3. The van der Waals surface area contributed by atoms with Crippen molar-refractivity contribution in [2.75, 3.05) is 20.1 Å². The third-order valence-electron chi connectivity index (χ3n) is 2.60. The number of piperidine rings is 1. The molecule has 2 rings (SSSR count). The van der Waals surface area contributed by atoms with Crippen LogP contribution in [0.15, 0.2) is 29.4 Å². The van der Waals surface area contributed by atoms with Gasteiger partial charge in [0.25, 0.3) is 0 Å². The lowest BCUT2D eigenvalue weighted by Gasteiger charge is -2.28. The molecule has 0 amide bonds. The Morgan fingerprint density at radius 3 is 2.86 bits per heavy atom. The highest BCUT2D eigenvalue weighted by Gasteiger charge is 2.17. The van der Waals surface area contributed by atoms with Crippen molar-refractivity contribution >= 4 is 11.8 Å². The average Bonchev–Trinajstić information content (AvgIpc) is 2.23. The number of nitrogens with zero attached hydrogens (tertiary/aromatic N) is 2. The first-order valence-electron chi connectivity index (χ1n) is 5.10. The van der Waals surface area contributed by atoms with Crippen LogP contribution in [0.4, 0.5) is 0 Å². The molecule has 0 saturated carbocycles. The van der Waals surface area contributed by atoms with Gasteiger partial charge in [0.05, 0.1) is 0 Å². The molecule has 0 aromatic carbocycles. The molecule has 0 radical (unpaired) electrons. The summed E-state index contributed by atoms with van der Waals surface area (Å²) in [7, 11) is 2.20. The van der Waals surface area contributed by atoms with Crippen LogP contribution in [0.2, 0.25) is 0 Å². The second-order valence-electron chi connectivity index (χ2n) is 3.81. The lowest BCUT2D eigenvalue weighted by atomic mass is 10.1. The fourth-order valence-electron chi connectivity index (χ4n) is 1.71. The predicted molar refractivity (Wildman–Crippen MR) is 60.6 cm³/mol. The maximum absolute atomic E-state index is 4.13. The maximum atomic E-state index is 4.13. The van der Waals surface area contributed by atoms with Crippen molar-refractivity contribution in [3.05, 3.63) is 24.5 Å². The molecule has 14 heavy (non-hydrogen) atoms. The van der Waals surface area contributed by atoms with E-state index in [1.807, 2.05) is 30.2 Å². The van der Waals surface area contributed by atoms with E-state index in [-0.39, 0.29) is 0 Å². The lowest BCUT2D eigenvalue weighted by molar-refractivity contribution is 0.282. The van der Waals surface area contributed by atoms with Crippen LogP contribution in [0.1, 0.15) is 12.8 Å². The van der Waals surface area contributed by atoms with Gasteiger partial charge >= 0.3 is 0 Å². The smallest absolute Gasteiger partial charge is 0.0403 e. The van der Waals surface area contributed by atoms with E-state index < -0.39 is 0 Å². The Labute approximate surface area is 89.7 Å². The highest BCUT2D eigenvalue weighted by molar-refractivity contribution is 8.00. The van der Waals surface area contributed by atoms with Gasteiger partial charge in [-0.3, -0.25) is 4.98 Å². The molecule has 0 aliphatic carbocycles. The van der Waals surface area contributed by atoms with Crippen LogP contribution < -0.4 is 0 Å². The van der Waals surface area contributed by atoms with E-state index >= 15 is 0 Å². The third-order valence-corrected chi connectivity index (χ3v) is 3.92. The minimum atomic E-state index is 0.787. The van der Waals surface area contributed by atoms with Gasteiger partial charge in [0.15, 0.2) is 0 Å². The molecule has 1 saturated heterocycles. The molecule has 1 fully saturated rings. The first kappa shape index (κ1) is 9.99. The lowest BCUT2D eigenvalue weighted by Crippen LogP contribution is -2.31.